The van der Waals surface area contributed by atoms with Crippen molar-refractivity contribution in [3.8, 4) is 0 Å². The molecule has 0 radical (unpaired) electrons. The molecule has 0 fully saturated rings. The quantitative estimate of drug-likeness (QED) is 0.716. The molecular formula is C10H7BrClNO. The second-order valence-corrected chi connectivity index (χ2v) is 4.32. The maximum absolute atomic E-state index is 11.3. The van der Waals surface area contributed by atoms with Gasteiger partial charge in [-0.15, -0.1) is 0 Å². The fraction of sp³-hybridized carbons (Fsp3) is 0.100. The first-order valence-electron chi connectivity index (χ1n) is 4.06. The fourth-order valence-electron chi connectivity index (χ4n) is 1.42. The van der Waals surface area contributed by atoms with E-state index in [-0.39, 0.29) is 5.91 Å². The standard InChI is InChI=1S/C10H7BrClNO/c1-6(14)13-5-9(11)8-4-7(12)2-3-10(8)13/h2-5H,1H3. The molecule has 0 atom stereocenters. The Hall–Kier alpha value is -0.800. The van der Waals surface area contributed by atoms with Crippen molar-refractivity contribution in [2.75, 3.05) is 0 Å². The lowest BCUT2D eigenvalue weighted by Crippen LogP contribution is -2.02. The zero-order valence-electron chi connectivity index (χ0n) is 7.42. The van der Waals surface area contributed by atoms with Crippen molar-refractivity contribution in [3.63, 3.8) is 0 Å². The Morgan fingerprint density at radius 2 is 2.21 bits per heavy atom. The molecule has 72 valence electrons. The maximum Gasteiger partial charge on any atom is 0.227 e. The van der Waals surface area contributed by atoms with E-state index in [0.29, 0.717) is 5.02 Å². The van der Waals surface area contributed by atoms with Gasteiger partial charge in [0.05, 0.1) is 5.52 Å². The summed E-state index contributed by atoms with van der Waals surface area (Å²) in [5.41, 5.74) is 0.869. The van der Waals surface area contributed by atoms with Crippen molar-refractivity contribution in [2.45, 2.75) is 6.92 Å². The summed E-state index contributed by atoms with van der Waals surface area (Å²) in [6.07, 6.45) is 1.75. The smallest absolute Gasteiger partial charge is 0.227 e. The van der Waals surface area contributed by atoms with E-state index < -0.39 is 0 Å². The second kappa shape index (κ2) is 3.41. The van der Waals surface area contributed by atoms with Gasteiger partial charge in [-0.05, 0) is 34.1 Å². The summed E-state index contributed by atoms with van der Waals surface area (Å²) < 4.78 is 2.47. The summed E-state index contributed by atoms with van der Waals surface area (Å²) in [4.78, 5) is 11.3. The molecule has 14 heavy (non-hydrogen) atoms. The molecule has 2 aromatic rings. The summed E-state index contributed by atoms with van der Waals surface area (Å²) in [7, 11) is 0. The van der Waals surface area contributed by atoms with Gasteiger partial charge in [0.15, 0.2) is 0 Å². The van der Waals surface area contributed by atoms with Gasteiger partial charge in [0.1, 0.15) is 0 Å². The molecule has 1 aromatic carbocycles. The number of rotatable bonds is 0. The fourth-order valence-corrected chi connectivity index (χ4v) is 2.12. The summed E-state index contributed by atoms with van der Waals surface area (Å²) in [6.45, 7) is 1.53. The van der Waals surface area contributed by atoms with Crippen LogP contribution in [0.2, 0.25) is 5.02 Å². The van der Waals surface area contributed by atoms with Gasteiger partial charge in [-0.3, -0.25) is 9.36 Å². The number of aromatic nitrogens is 1. The van der Waals surface area contributed by atoms with E-state index in [1.54, 1.807) is 16.8 Å². The second-order valence-electron chi connectivity index (χ2n) is 3.03. The normalized spacial score (nSPS) is 10.8. The molecule has 0 aliphatic carbocycles. The number of hydrogen-bond donors (Lipinski definition) is 0. The van der Waals surface area contributed by atoms with E-state index in [1.165, 1.54) is 6.92 Å². The van der Waals surface area contributed by atoms with Crippen LogP contribution in [0.15, 0.2) is 28.9 Å². The number of carbonyl (C=O) groups excluding carboxylic acids is 1. The third-order valence-electron chi connectivity index (χ3n) is 2.06. The topological polar surface area (TPSA) is 22.0 Å². The SMILES string of the molecule is CC(=O)n1cc(Br)c2cc(Cl)ccc21. The predicted octanol–water partition coefficient (Wildman–Crippen LogP) is 3.72. The number of benzene rings is 1. The molecule has 0 spiro atoms. The van der Waals surface area contributed by atoms with Crippen LogP contribution in [-0.2, 0) is 0 Å². The van der Waals surface area contributed by atoms with Crippen molar-refractivity contribution in [1.82, 2.24) is 4.57 Å². The van der Waals surface area contributed by atoms with Crippen molar-refractivity contribution in [2.24, 2.45) is 0 Å². The van der Waals surface area contributed by atoms with Gasteiger partial charge in [-0.1, -0.05) is 11.6 Å². The molecule has 2 rings (SSSR count). The van der Waals surface area contributed by atoms with Gasteiger partial charge >= 0.3 is 0 Å². The minimum absolute atomic E-state index is 0.0111. The number of carbonyl (C=O) groups is 1. The van der Waals surface area contributed by atoms with Crippen molar-refractivity contribution >= 4 is 44.3 Å². The van der Waals surface area contributed by atoms with Gasteiger partial charge in [0, 0.05) is 28.0 Å². The monoisotopic (exact) mass is 271 g/mol. The zero-order valence-corrected chi connectivity index (χ0v) is 9.76. The van der Waals surface area contributed by atoms with E-state index >= 15 is 0 Å². The minimum atomic E-state index is -0.0111. The molecule has 0 N–H and O–H groups in total. The third kappa shape index (κ3) is 1.47. The van der Waals surface area contributed by atoms with Crippen LogP contribution in [0.5, 0.6) is 0 Å². The van der Waals surface area contributed by atoms with Crippen molar-refractivity contribution < 1.29 is 4.79 Å². The van der Waals surface area contributed by atoms with Gasteiger partial charge < -0.3 is 0 Å². The molecular weight excluding hydrogens is 265 g/mol. The van der Waals surface area contributed by atoms with E-state index in [2.05, 4.69) is 15.9 Å². The van der Waals surface area contributed by atoms with E-state index in [0.717, 1.165) is 15.4 Å². The Morgan fingerprint density at radius 3 is 2.86 bits per heavy atom. The molecule has 0 aliphatic rings. The van der Waals surface area contributed by atoms with Crippen LogP contribution in [0.25, 0.3) is 10.9 Å². The van der Waals surface area contributed by atoms with E-state index in [9.17, 15) is 4.79 Å². The Labute approximate surface area is 94.6 Å². The highest BCUT2D eigenvalue weighted by molar-refractivity contribution is 9.10. The van der Waals surface area contributed by atoms with Crippen molar-refractivity contribution in [3.05, 3.63) is 33.9 Å². The van der Waals surface area contributed by atoms with Crippen LogP contribution in [0.3, 0.4) is 0 Å². The maximum atomic E-state index is 11.3. The molecule has 0 saturated heterocycles. The van der Waals surface area contributed by atoms with Crippen LogP contribution in [-0.4, -0.2) is 10.5 Å². The third-order valence-corrected chi connectivity index (χ3v) is 2.92. The van der Waals surface area contributed by atoms with Crippen LogP contribution >= 0.6 is 27.5 Å². The lowest BCUT2D eigenvalue weighted by molar-refractivity contribution is 0.0941. The van der Waals surface area contributed by atoms with Crippen LogP contribution in [0.1, 0.15) is 11.7 Å². The Morgan fingerprint density at radius 1 is 1.50 bits per heavy atom. The largest absolute Gasteiger partial charge is 0.286 e. The Bertz CT molecular complexity index is 518. The first-order valence-corrected chi connectivity index (χ1v) is 5.24. The molecule has 0 aliphatic heterocycles. The zero-order chi connectivity index (χ0) is 10.3. The molecule has 0 saturated carbocycles. The molecule has 1 aromatic heterocycles. The molecule has 1 heterocycles. The minimum Gasteiger partial charge on any atom is -0.286 e. The number of nitrogens with zero attached hydrogens (tertiary/aromatic N) is 1. The molecule has 4 heteroatoms. The highest BCUT2D eigenvalue weighted by Gasteiger charge is 2.08. The highest BCUT2D eigenvalue weighted by Crippen LogP contribution is 2.28. The van der Waals surface area contributed by atoms with E-state index in [4.69, 9.17) is 11.6 Å². The molecule has 0 amide bonds. The van der Waals surface area contributed by atoms with Crippen LogP contribution in [0.4, 0.5) is 0 Å². The molecule has 2 nitrogen and oxygen atoms in total. The highest BCUT2D eigenvalue weighted by atomic mass is 79.9. The van der Waals surface area contributed by atoms with E-state index in [1.807, 2.05) is 12.1 Å². The van der Waals surface area contributed by atoms with Crippen LogP contribution < -0.4 is 0 Å². The number of hydrogen-bond acceptors (Lipinski definition) is 1. The Balaban J connectivity index is 2.84. The van der Waals surface area contributed by atoms with Gasteiger partial charge in [-0.2, -0.15) is 0 Å². The molecule has 0 bridgehead atoms. The lowest BCUT2D eigenvalue weighted by Gasteiger charge is -1.98. The summed E-state index contributed by atoms with van der Waals surface area (Å²) in [5.74, 6) is -0.0111. The lowest BCUT2D eigenvalue weighted by atomic mass is 10.2. The predicted molar refractivity (Wildman–Crippen MR) is 60.9 cm³/mol. The van der Waals surface area contributed by atoms with Crippen molar-refractivity contribution in [1.29, 1.82) is 0 Å². The average Bonchev–Trinajstić information content (AvgIpc) is 2.44. The number of fused-ring (bicyclic) bond motifs is 1. The van der Waals surface area contributed by atoms with Gasteiger partial charge in [0.2, 0.25) is 5.91 Å². The first kappa shape index (κ1) is 9.74. The van der Waals surface area contributed by atoms with Gasteiger partial charge in [0.25, 0.3) is 0 Å². The Kier molecular flexibility index (Phi) is 2.37. The van der Waals surface area contributed by atoms with Crippen LogP contribution in [0, 0.1) is 0 Å². The summed E-state index contributed by atoms with van der Waals surface area (Å²) in [5, 5.41) is 1.62. The summed E-state index contributed by atoms with van der Waals surface area (Å²) in [6, 6.07) is 5.44. The average molecular weight is 273 g/mol. The first-order chi connectivity index (χ1) is 6.59. The summed E-state index contributed by atoms with van der Waals surface area (Å²) >= 11 is 9.25. The van der Waals surface area contributed by atoms with Gasteiger partial charge in [-0.25, -0.2) is 0 Å². The molecule has 0 unspecified atom stereocenters. The number of halogens is 2.